The average Bonchev–Trinajstić information content (AvgIpc) is 2.96. The van der Waals surface area contributed by atoms with Crippen molar-refractivity contribution in [2.24, 2.45) is 0 Å². The standard InChI is InChI=1S/C14H14Cl2N2O4/c15-10-3-1-4-11(16)13(10)21-8-9-7-12(18-22-9)14(20)17-5-2-6-19/h1,3-4,7,19H,2,5-6,8H2,(H,17,20). The number of carbonyl (C=O) groups is 1. The molecule has 0 spiro atoms. The van der Waals surface area contributed by atoms with Crippen molar-refractivity contribution in [1.82, 2.24) is 10.5 Å². The van der Waals surface area contributed by atoms with Gasteiger partial charge in [0, 0.05) is 19.2 Å². The number of hydrogen-bond donors (Lipinski definition) is 2. The molecule has 0 radical (unpaired) electrons. The first-order valence-corrected chi connectivity index (χ1v) is 7.29. The molecule has 0 aliphatic carbocycles. The number of ether oxygens (including phenoxy) is 1. The molecule has 0 atom stereocenters. The van der Waals surface area contributed by atoms with Gasteiger partial charge in [-0.2, -0.15) is 0 Å². The number of para-hydroxylation sites is 1. The van der Waals surface area contributed by atoms with Crippen molar-refractivity contribution < 1.29 is 19.2 Å². The molecule has 0 fully saturated rings. The van der Waals surface area contributed by atoms with Crippen molar-refractivity contribution in [3.05, 3.63) is 45.8 Å². The summed E-state index contributed by atoms with van der Waals surface area (Å²) in [6.45, 7) is 0.417. The maximum atomic E-state index is 11.7. The van der Waals surface area contributed by atoms with E-state index in [0.717, 1.165) is 0 Å². The normalized spacial score (nSPS) is 10.5. The first kappa shape index (κ1) is 16.6. The van der Waals surface area contributed by atoms with Crippen LogP contribution in [-0.2, 0) is 6.61 Å². The fourth-order valence-corrected chi connectivity index (χ4v) is 2.13. The van der Waals surface area contributed by atoms with E-state index in [0.29, 0.717) is 34.5 Å². The number of nitrogens with one attached hydrogen (secondary N) is 1. The molecule has 1 aromatic heterocycles. The van der Waals surface area contributed by atoms with Crippen molar-refractivity contribution >= 4 is 29.1 Å². The third-order valence-electron chi connectivity index (χ3n) is 2.69. The number of aliphatic hydroxyl groups excluding tert-OH is 1. The Hall–Kier alpha value is -1.76. The van der Waals surface area contributed by atoms with E-state index >= 15 is 0 Å². The molecule has 0 bridgehead atoms. The minimum atomic E-state index is -0.376. The second-order valence-electron chi connectivity index (χ2n) is 4.35. The molecule has 0 saturated carbocycles. The SMILES string of the molecule is O=C(NCCCO)c1cc(COc2c(Cl)cccc2Cl)on1. The highest BCUT2D eigenvalue weighted by Crippen LogP contribution is 2.32. The number of aliphatic hydroxyl groups is 1. The first-order valence-electron chi connectivity index (χ1n) is 6.53. The van der Waals surface area contributed by atoms with Crippen LogP contribution in [0.1, 0.15) is 22.7 Å². The molecule has 0 aliphatic rings. The van der Waals surface area contributed by atoms with Gasteiger partial charge in [0.25, 0.3) is 5.91 Å². The fourth-order valence-electron chi connectivity index (χ4n) is 1.62. The van der Waals surface area contributed by atoms with Crippen LogP contribution in [0.2, 0.25) is 10.0 Å². The minimum Gasteiger partial charge on any atom is -0.482 e. The highest BCUT2D eigenvalue weighted by Gasteiger charge is 2.13. The Kier molecular flexibility index (Phi) is 6.06. The predicted molar refractivity (Wildman–Crippen MR) is 81.3 cm³/mol. The molecule has 1 heterocycles. The van der Waals surface area contributed by atoms with Crippen molar-refractivity contribution in [2.45, 2.75) is 13.0 Å². The van der Waals surface area contributed by atoms with Crippen LogP contribution in [0.3, 0.4) is 0 Å². The summed E-state index contributed by atoms with van der Waals surface area (Å²) >= 11 is 12.0. The van der Waals surface area contributed by atoms with E-state index < -0.39 is 0 Å². The van der Waals surface area contributed by atoms with Gasteiger partial charge in [0.15, 0.2) is 17.2 Å². The van der Waals surface area contributed by atoms with E-state index in [4.69, 9.17) is 37.6 Å². The number of carbonyl (C=O) groups excluding carboxylic acids is 1. The number of rotatable bonds is 7. The molecule has 0 unspecified atom stereocenters. The molecule has 2 N–H and O–H groups in total. The summed E-state index contributed by atoms with van der Waals surface area (Å²) in [6, 6.07) is 6.49. The predicted octanol–water partition coefficient (Wildman–Crippen LogP) is 2.67. The van der Waals surface area contributed by atoms with Gasteiger partial charge in [-0.25, -0.2) is 0 Å². The zero-order valence-corrected chi connectivity index (χ0v) is 13.0. The molecule has 1 amide bonds. The third-order valence-corrected chi connectivity index (χ3v) is 3.29. The smallest absolute Gasteiger partial charge is 0.273 e. The Morgan fingerprint density at radius 3 is 2.77 bits per heavy atom. The summed E-state index contributed by atoms with van der Waals surface area (Å²) < 4.78 is 10.5. The van der Waals surface area contributed by atoms with E-state index in [-0.39, 0.29) is 24.8 Å². The van der Waals surface area contributed by atoms with Gasteiger partial charge in [-0.1, -0.05) is 34.4 Å². The van der Waals surface area contributed by atoms with Gasteiger partial charge < -0.3 is 19.7 Å². The Bertz CT molecular complexity index is 625. The molecular weight excluding hydrogens is 331 g/mol. The summed E-state index contributed by atoms with van der Waals surface area (Å²) in [5.74, 6) is 0.332. The molecule has 2 rings (SSSR count). The Balaban J connectivity index is 1.93. The topological polar surface area (TPSA) is 84.6 Å². The van der Waals surface area contributed by atoms with Crippen molar-refractivity contribution in [2.75, 3.05) is 13.2 Å². The van der Waals surface area contributed by atoms with Crippen molar-refractivity contribution in [3.63, 3.8) is 0 Å². The summed E-state index contributed by atoms with van der Waals surface area (Å²) in [6.07, 6.45) is 0.477. The van der Waals surface area contributed by atoms with Crippen LogP contribution >= 0.6 is 23.2 Å². The van der Waals surface area contributed by atoms with E-state index in [1.165, 1.54) is 6.07 Å². The molecule has 1 aromatic carbocycles. The van der Waals surface area contributed by atoms with Gasteiger partial charge in [0.1, 0.15) is 6.61 Å². The summed E-state index contributed by atoms with van der Waals surface area (Å²) in [4.78, 5) is 11.7. The van der Waals surface area contributed by atoms with Gasteiger partial charge in [-0.05, 0) is 18.6 Å². The zero-order valence-electron chi connectivity index (χ0n) is 11.5. The van der Waals surface area contributed by atoms with Crippen LogP contribution in [0.25, 0.3) is 0 Å². The van der Waals surface area contributed by atoms with Crippen molar-refractivity contribution in [3.8, 4) is 5.75 Å². The lowest BCUT2D eigenvalue weighted by atomic mass is 10.3. The van der Waals surface area contributed by atoms with Crippen LogP contribution in [0, 0.1) is 0 Å². The Labute approximate surface area is 137 Å². The number of nitrogens with zero attached hydrogens (tertiary/aromatic N) is 1. The lowest BCUT2D eigenvalue weighted by Gasteiger charge is -2.07. The second-order valence-corrected chi connectivity index (χ2v) is 5.17. The van der Waals surface area contributed by atoms with Gasteiger partial charge in [-0.3, -0.25) is 4.79 Å². The van der Waals surface area contributed by atoms with Gasteiger partial charge in [-0.15, -0.1) is 0 Å². The molecule has 22 heavy (non-hydrogen) atoms. The Morgan fingerprint density at radius 2 is 2.09 bits per heavy atom. The summed E-state index contributed by atoms with van der Waals surface area (Å²) in [5.41, 5.74) is 0.141. The lowest BCUT2D eigenvalue weighted by molar-refractivity contribution is 0.0941. The van der Waals surface area contributed by atoms with Crippen molar-refractivity contribution in [1.29, 1.82) is 0 Å². The average molecular weight is 345 g/mol. The maximum Gasteiger partial charge on any atom is 0.273 e. The first-order chi connectivity index (χ1) is 10.6. The highest BCUT2D eigenvalue weighted by atomic mass is 35.5. The van der Waals surface area contributed by atoms with Crippen LogP contribution in [-0.4, -0.2) is 29.3 Å². The third kappa shape index (κ3) is 4.37. The number of hydrogen-bond acceptors (Lipinski definition) is 5. The van der Waals surface area contributed by atoms with Crippen LogP contribution in [0.5, 0.6) is 5.75 Å². The fraction of sp³-hybridized carbons (Fsp3) is 0.286. The quantitative estimate of drug-likeness (QED) is 0.754. The monoisotopic (exact) mass is 344 g/mol. The van der Waals surface area contributed by atoms with E-state index in [9.17, 15) is 4.79 Å². The molecule has 2 aromatic rings. The van der Waals surface area contributed by atoms with E-state index in [2.05, 4.69) is 10.5 Å². The van der Waals surface area contributed by atoms with E-state index in [1.54, 1.807) is 18.2 Å². The van der Waals surface area contributed by atoms with Gasteiger partial charge in [0.2, 0.25) is 0 Å². The largest absolute Gasteiger partial charge is 0.482 e. The molecule has 0 saturated heterocycles. The second kappa shape index (κ2) is 8.03. The number of halogens is 2. The molecule has 6 nitrogen and oxygen atoms in total. The minimum absolute atomic E-state index is 0.0107. The number of aromatic nitrogens is 1. The number of benzene rings is 1. The van der Waals surface area contributed by atoms with Crippen LogP contribution in [0.4, 0.5) is 0 Å². The molecule has 8 heteroatoms. The van der Waals surface area contributed by atoms with Gasteiger partial charge >= 0.3 is 0 Å². The molecular formula is C14H14Cl2N2O4. The lowest BCUT2D eigenvalue weighted by Crippen LogP contribution is -2.25. The zero-order chi connectivity index (χ0) is 15.9. The van der Waals surface area contributed by atoms with E-state index in [1.807, 2.05) is 0 Å². The van der Waals surface area contributed by atoms with Crippen LogP contribution in [0.15, 0.2) is 28.8 Å². The summed E-state index contributed by atoms with van der Waals surface area (Å²) in [5, 5.41) is 15.7. The highest BCUT2D eigenvalue weighted by molar-refractivity contribution is 6.37. The van der Waals surface area contributed by atoms with Crippen LogP contribution < -0.4 is 10.1 Å². The summed E-state index contributed by atoms with van der Waals surface area (Å²) in [7, 11) is 0. The molecule has 0 aliphatic heterocycles. The Morgan fingerprint density at radius 1 is 1.36 bits per heavy atom. The van der Waals surface area contributed by atoms with Gasteiger partial charge in [0.05, 0.1) is 10.0 Å². The maximum absolute atomic E-state index is 11.7. The number of amides is 1. The molecule has 118 valence electrons.